The molecule has 1 atom stereocenters. The molecule has 1 heterocycles. The molecule has 0 radical (unpaired) electrons. The highest BCUT2D eigenvalue weighted by atomic mass is 35.5. The van der Waals surface area contributed by atoms with Gasteiger partial charge in [0.2, 0.25) is 0 Å². The average Bonchev–Trinajstić information content (AvgIpc) is 2.33. The second kappa shape index (κ2) is 5.17. The summed E-state index contributed by atoms with van der Waals surface area (Å²) in [5, 5.41) is 0.867. The Morgan fingerprint density at radius 2 is 2.06 bits per heavy atom. The number of hydrogen-bond acceptors (Lipinski definition) is 2. The monoisotopic (exact) mass is 258 g/mol. The average molecular weight is 259 g/mol. The second-order valence-electron chi connectivity index (χ2n) is 3.85. The first-order valence-electron chi connectivity index (χ1n) is 5.29. The van der Waals surface area contributed by atoms with E-state index in [1.54, 1.807) is 18.2 Å². The van der Waals surface area contributed by atoms with Gasteiger partial charge in [-0.1, -0.05) is 23.2 Å². The van der Waals surface area contributed by atoms with Crippen LogP contribution in [0.3, 0.4) is 0 Å². The molecule has 16 heavy (non-hydrogen) atoms. The first kappa shape index (κ1) is 11.9. The molecule has 0 saturated carbocycles. The number of rotatable bonds is 2. The highest BCUT2D eigenvalue weighted by Gasteiger charge is 2.23. The normalized spacial score (nSPS) is 20.8. The van der Waals surface area contributed by atoms with E-state index >= 15 is 0 Å². The molecule has 0 spiro atoms. The summed E-state index contributed by atoms with van der Waals surface area (Å²) in [6.45, 7) is 0.664. The number of carbonyl (C=O) groups excluding carboxylic acids is 1. The van der Waals surface area contributed by atoms with Crippen molar-refractivity contribution >= 4 is 29.0 Å². The van der Waals surface area contributed by atoms with E-state index in [4.69, 9.17) is 27.9 Å². The van der Waals surface area contributed by atoms with E-state index in [1.165, 1.54) is 0 Å². The van der Waals surface area contributed by atoms with Gasteiger partial charge in [0.1, 0.15) is 6.10 Å². The first-order valence-corrected chi connectivity index (χ1v) is 6.05. The summed E-state index contributed by atoms with van der Waals surface area (Å²) in [6.07, 6.45) is 2.55. The van der Waals surface area contributed by atoms with Crippen LogP contribution < -0.4 is 0 Å². The Balaban J connectivity index is 2.16. The smallest absolute Gasteiger partial charge is 0.191 e. The molecule has 1 aliphatic heterocycles. The molecule has 0 aromatic heterocycles. The second-order valence-corrected chi connectivity index (χ2v) is 4.66. The quantitative estimate of drug-likeness (QED) is 0.756. The molecule has 1 unspecified atom stereocenters. The van der Waals surface area contributed by atoms with Crippen LogP contribution in [0, 0.1) is 0 Å². The van der Waals surface area contributed by atoms with E-state index in [0.29, 0.717) is 22.2 Å². The predicted molar refractivity (Wildman–Crippen MR) is 64.4 cm³/mol. The molecule has 1 aliphatic rings. The fourth-order valence-corrected chi connectivity index (χ4v) is 2.08. The van der Waals surface area contributed by atoms with Crippen LogP contribution in [0.15, 0.2) is 18.2 Å². The Labute approximate surface area is 104 Å². The molecule has 86 valence electrons. The number of halogens is 2. The molecule has 0 amide bonds. The summed E-state index contributed by atoms with van der Waals surface area (Å²) in [4.78, 5) is 12.0. The van der Waals surface area contributed by atoms with Gasteiger partial charge in [-0.05, 0) is 37.5 Å². The van der Waals surface area contributed by atoms with Gasteiger partial charge in [0, 0.05) is 12.2 Å². The van der Waals surface area contributed by atoms with Crippen LogP contribution in [-0.4, -0.2) is 18.5 Å². The Morgan fingerprint density at radius 3 is 2.69 bits per heavy atom. The third-order valence-corrected chi connectivity index (χ3v) is 3.42. The van der Waals surface area contributed by atoms with Crippen molar-refractivity contribution in [2.75, 3.05) is 6.61 Å². The van der Waals surface area contributed by atoms with Crippen LogP contribution in [0.4, 0.5) is 0 Å². The lowest BCUT2D eigenvalue weighted by atomic mass is 10.00. The van der Waals surface area contributed by atoms with Crippen LogP contribution in [-0.2, 0) is 4.74 Å². The van der Waals surface area contributed by atoms with E-state index in [9.17, 15) is 4.79 Å². The minimum Gasteiger partial charge on any atom is -0.370 e. The molecular formula is C12H12Cl2O2. The van der Waals surface area contributed by atoms with Gasteiger partial charge in [-0.3, -0.25) is 4.79 Å². The predicted octanol–water partition coefficient (Wildman–Crippen LogP) is 3.75. The van der Waals surface area contributed by atoms with Crippen LogP contribution in [0.1, 0.15) is 29.6 Å². The van der Waals surface area contributed by atoms with E-state index in [2.05, 4.69) is 0 Å². The topological polar surface area (TPSA) is 26.3 Å². The largest absolute Gasteiger partial charge is 0.370 e. The SMILES string of the molecule is O=C(c1ccc(Cl)c(Cl)c1)C1CCCCO1. The first-order chi connectivity index (χ1) is 7.68. The molecule has 2 rings (SSSR count). The van der Waals surface area contributed by atoms with Gasteiger partial charge in [0.25, 0.3) is 0 Å². The lowest BCUT2D eigenvalue weighted by molar-refractivity contribution is 0.0186. The van der Waals surface area contributed by atoms with Crippen molar-refractivity contribution in [3.8, 4) is 0 Å². The molecule has 0 bridgehead atoms. The Kier molecular flexibility index (Phi) is 3.85. The lowest BCUT2D eigenvalue weighted by Gasteiger charge is -2.21. The summed E-state index contributed by atoms with van der Waals surface area (Å²) < 4.78 is 5.44. The summed E-state index contributed by atoms with van der Waals surface area (Å²) in [5.74, 6) is -0.00160. The number of Topliss-reactive ketones (excluding diaryl/α,β-unsaturated/α-hetero) is 1. The molecule has 4 heteroatoms. The number of ketones is 1. The zero-order chi connectivity index (χ0) is 11.5. The fourth-order valence-electron chi connectivity index (χ4n) is 1.78. The van der Waals surface area contributed by atoms with Gasteiger partial charge < -0.3 is 4.74 Å². The molecule has 1 saturated heterocycles. The molecule has 0 aliphatic carbocycles. The molecule has 1 fully saturated rings. The molecule has 1 aromatic rings. The molecule has 2 nitrogen and oxygen atoms in total. The van der Waals surface area contributed by atoms with Crippen molar-refractivity contribution in [1.82, 2.24) is 0 Å². The minimum absolute atomic E-state index is 0.00160. The van der Waals surface area contributed by atoms with Crippen LogP contribution in [0.5, 0.6) is 0 Å². The maximum Gasteiger partial charge on any atom is 0.191 e. The summed E-state index contributed by atoms with van der Waals surface area (Å²) in [7, 11) is 0. The molecule has 0 N–H and O–H groups in total. The van der Waals surface area contributed by atoms with Crippen LogP contribution in [0.25, 0.3) is 0 Å². The summed E-state index contributed by atoms with van der Waals surface area (Å²) in [6, 6.07) is 4.93. The van der Waals surface area contributed by atoms with Crippen molar-refractivity contribution in [3.63, 3.8) is 0 Å². The van der Waals surface area contributed by atoms with Crippen molar-refractivity contribution in [1.29, 1.82) is 0 Å². The third-order valence-electron chi connectivity index (χ3n) is 2.68. The number of hydrogen-bond donors (Lipinski definition) is 0. The zero-order valence-electron chi connectivity index (χ0n) is 8.71. The van der Waals surface area contributed by atoms with Crippen molar-refractivity contribution in [2.24, 2.45) is 0 Å². The third kappa shape index (κ3) is 2.57. The molecular weight excluding hydrogens is 247 g/mol. The van der Waals surface area contributed by atoms with Crippen molar-refractivity contribution in [3.05, 3.63) is 33.8 Å². The van der Waals surface area contributed by atoms with Gasteiger partial charge in [0.05, 0.1) is 10.0 Å². The van der Waals surface area contributed by atoms with Crippen molar-refractivity contribution < 1.29 is 9.53 Å². The summed E-state index contributed by atoms with van der Waals surface area (Å²) >= 11 is 11.7. The molecule has 1 aromatic carbocycles. The van der Waals surface area contributed by atoms with E-state index in [-0.39, 0.29) is 11.9 Å². The lowest BCUT2D eigenvalue weighted by Crippen LogP contribution is -2.28. The van der Waals surface area contributed by atoms with Crippen LogP contribution in [0.2, 0.25) is 10.0 Å². The van der Waals surface area contributed by atoms with Gasteiger partial charge >= 0.3 is 0 Å². The number of ether oxygens (including phenoxy) is 1. The van der Waals surface area contributed by atoms with Gasteiger partial charge in [-0.2, -0.15) is 0 Å². The highest BCUT2D eigenvalue weighted by molar-refractivity contribution is 6.42. The number of carbonyl (C=O) groups is 1. The summed E-state index contributed by atoms with van der Waals surface area (Å²) in [5.41, 5.74) is 0.571. The maximum absolute atomic E-state index is 12.0. The van der Waals surface area contributed by atoms with Gasteiger partial charge in [-0.25, -0.2) is 0 Å². The van der Waals surface area contributed by atoms with E-state index < -0.39 is 0 Å². The fraction of sp³-hybridized carbons (Fsp3) is 0.417. The minimum atomic E-state index is -0.314. The zero-order valence-corrected chi connectivity index (χ0v) is 10.2. The highest BCUT2D eigenvalue weighted by Crippen LogP contribution is 2.25. The Hall–Kier alpha value is -0.570. The van der Waals surface area contributed by atoms with E-state index in [1.807, 2.05) is 0 Å². The van der Waals surface area contributed by atoms with Gasteiger partial charge in [-0.15, -0.1) is 0 Å². The Bertz CT molecular complexity index is 398. The Morgan fingerprint density at radius 1 is 1.25 bits per heavy atom. The number of benzene rings is 1. The maximum atomic E-state index is 12.0. The van der Waals surface area contributed by atoms with Crippen molar-refractivity contribution in [2.45, 2.75) is 25.4 Å². The van der Waals surface area contributed by atoms with E-state index in [0.717, 1.165) is 19.3 Å². The van der Waals surface area contributed by atoms with Gasteiger partial charge in [0.15, 0.2) is 5.78 Å². The standard InChI is InChI=1S/C12H12Cl2O2/c13-9-5-4-8(7-10(9)14)12(15)11-3-1-2-6-16-11/h4-5,7,11H,1-3,6H2. The van der Waals surface area contributed by atoms with Crippen LogP contribution >= 0.6 is 23.2 Å².